The second kappa shape index (κ2) is 12.8. The third-order valence-corrected chi connectivity index (χ3v) is 16.5. The number of amides is 1. The van der Waals surface area contributed by atoms with Crippen molar-refractivity contribution >= 4 is 108 Å². The highest BCUT2D eigenvalue weighted by Crippen LogP contribution is 2.54. The number of fused-ring (bicyclic) bond motifs is 6. The minimum Gasteiger partial charge on any atom is -0.494 e. The first-order valence-electron chi connectivity index (χ1n) is 16.2. The number of aryl methyl sites for hydroxylation is 2. The average Bonchev–Trinajstić information content (AvgIpc) is 3.89. The van der Waals surface area contributed by atoms with Gasteiger partial charge in [0.1, 0.15) is 0 Å². The van der Waals surface area contributed by atoms with Gasteiger partial charge in [0.05, 0.1) is 60.5 Å². The SMILES string of the molecule is CCCCCCc1csc2c1sc1c3sc(-c4ccc(-c5[nH]c(O)c6c5C(=O)N=C6c5cccs5)s4)c(CCCCCC)c3sc21. The monoisotopic (exact) mass is 718 g/mol. The van der Waals surface area contributed by atoms with Crippen LogP contribution >= 0.6 is 68.0 Å². The maximum Gasteiger partial charge on any atom is 0.280 e. The molecule has 8 heterocycles. The Labute approximate surface area is 292 Å². The van der Waals surface area contributed by atoms with Gasteiger partial charge in [-0.15, -0.1) is 68.0 Å². The Balaban J connectivity index is 1.18. The lowest BCUT2D eigenvalue weighted by atomic mass is 10.1. The minimum atomic E-state index is -0.294. The van der Waals surface area contributed by atoms with Crippen LogP contribution < -0.4 is 0 Å². The van der Waals surface area contributed by atoms with Crippen LogP contribution in [0.5, 0.6) is 5.88 Å². The quantitative estimate of drug-likeness (QED) is 0.117. The summed E-state index contributed by atoms with van der Waals surface area (Å²) in [5.74, 6) is -0.283. The molecule has 1 aliphatic heterocycles. The number of carbonyl (C=O) groups excluding carboxylic acids is 1. The highest BCUT2D eigenvalue weighted by molar-refractivity contribution is 7.45. The predicted molar refractivity (Wildman–Crippen MR) is 205 cm³/mol. The number of carbonyl (C=O) groups is 1. The van der Waals surface area contributed by atoms with Gasteiger partial charge in [-0.05, 0) is 65.8 Å². The van der Waals surface area contributed by atoms with Gasteiger partial charge in [-0.3, -0.25) is 4.79 Å². The number of aromatic nitrogens is 1. The number of aromatic hydroxyl groups is 1. The fourth-order valence-electron chi connectivity index (χ4n) is 6.54. The molecule has 7 aromatic rings. The summed E-state index contributed by atoms with van der Waals surface area (Å²) >= 11 is 11.1. The topological polar surface area (TPSA) is 65.4 Å². The van der Waals surface area contributed by atoms with Crippen molar-refractivity contribution < 1.29 is 9.90 Å². The van der Waals surface area contributed by atoms with Crippen LogP contribution in [-0.2, 0) is 12.8 Å². The van der Waals surface area contributed by atoms with Crippen LogP contribution in [0.4, 0.5) is 0 Å². The zero-order valence-electron chi connectivity index (χ0n) is 25.8. The highest BCUT2D eigenvalue weighted by Gasteiger charge is 2.34. The Kier molecular flexibility index (Phi) is 8.54. The maximum atomic E-state index is 13.1. The molecule has 0 saturated carbocycles. The zero-order valence-corrected chi connectivity index (χ0v) is 30.7. The van der Waals surface area contributed by atoms with Crippen LogP contribution in [0.15, 0.2) is 40.0 Å². The van der Waals surface area contributed by atoms with E-state index in [0.717, 1.165) is 16.2 Å². The molecule has 0 aromatic carbocycles. The van der Waals surface area contributed by atoms with Gasteiger partial charge in [-0.25, -0.2) is 4.99 Å². The molecular weight excluding hydrogens is 685 g/mol. The molecule has 0 bridgehead atoms. The lowest BCUT2D eigenvalue weighted by Gasteiger charge is -2.03. The average molecular weight is 719 g/mol. The van der Waals surface area contributed by atoms with E-state index in [0.29, 0.717) is 22.5 Å². The zero-order chi connectivity index (χ0) is 31.4. The Morgan fingerprint density at radius 3 is 2.24 bits per heavy atom. The van der Waals surface area contributed by atoms with Gasteiger partial charge in [-0.1, -0.05) is 58.4 Å². The first-order chi connectivity index (χ1) is 22.6. The lowest BCUT2D eigenvalue weighted by Crippen LogP contribution is -1.96. The summed E-state index contributed by atoms with van der Waals surface area (Å²) in [4.78, 5) is 25.1. The van der Waals surface area contributed by atoms with Crippen LogP contribution in [0, 0.1) is 0 Å². The minimum absolute atomic E-state index is 0.0102. The molecule has 236 valence electrons. The van der Waals surface area contributed by atoms with E-state index in [-0.39, 0.29) is 11.8 Å². The van der Waals surface area contributed by atoms with Gasteiger partial charge in [-0.2, -0.15) is 0 Å². The van der Waals surface area contributed by atoms with Crippen molar-refractivity contribution in [2.45, 2.75) is 78.1 Å². The standard InChI is InChI=1S/C36H34N2O2S6/c1-3-5-7-9-12-19-18-42-31-28(19)44-34-32-30(46-33(31)34)20(13-10-8-6-4-2)29(45-32)23-16-15-22(43-23)27-25-24(35(39)38-27)26(37-36(25)40)21-14-11-17-41-21/h11,14-18,38-39H,3-10,12-13H2,1-2H3. The maximum absolute atomic E-state index is 13.1. The number of rotatable bonds is 13. The predicted octanol–water partition coefficient (Wildman–Crippen LogP) is 13.1. The molecule has 0 atom stereocenters. The molecule has 0 radical (unpaired) electrons. The van der Waals surface area contributed by atoms with E-state index in [1.807, 2.05) is 62.9 Å². The van der Waals surface area contributed by atoms with Crippen molar-refractivity contribution in [1.29, 1.82) is 0 Å². The summed E-state index contributed by atoms with van der Waals surface area (Å²) in [5, 5.41) is 15.3. The number of unbranched alkanes of at least 4 members (excludes halogenated alkanes) is 6. The molecule has 1 aliphatic rings. The number of aliphatic imine (C=N–C) groups is 1. The van der Waals surface area contributed by atoms with Crippen molar-refractivity contribution in [2.24, 2.45) is 4.99 Å². The molecular formula is C36H34N2O2S6. The molecule has 0 saturated heterocycles. The molecule has 4 nitrogen and oxygen atoms in total. The molecule has 7 aromatic heterocycles. The van der Waals surface area contributed by atoms with Crippen LogP contribution in [-0.4, -0.2) is 21.7 Å². The van der Waals surface area contributed by atoms with Crippen molar-refractivity contribution in [3.8, 4) is 26.2 Å². The number of hydrogen-bond acceptors (Lipinski definition) is 8. The Morgan fingerprint density at radius 1 is 0.717 bits per heavy atom. The number of nitrogens with zero attached hydrogens (tertiary/aromatic N) is 1. The Morgan fingerprint density at radius 2 is 1.46 bits per heavy atom. The van der Waals surface area contributed by atoms with E-state index in [1.165, 1.54) is 113 Å². The summed E-state index contributed by atoms with van der Waals surface area (Å²) in [5.41, 5.74) is 5.26. The fourth-order valence-corrected chi connectivity index (χ4v) is 14.4. The molecule has 0 aliphatic carbocycles. The fraction of sp³-hybridized carbons (Fsp3) is 0.333. The molecule has 0 spiro atoms. The van der Waals surface area contributed by atoms with Crippen molar-refractivity contribution in [2.75, 3.05) is 0 Å². The van der Waals surface area contributed by atoms with Gasteiger partial charge in [0.15, 0.2) is 5.88 Å². The van der Waals surface area contributed by atoms with Gasteiger partial charge < -0.3 is 10.1 Å². The Bertz CT molecular complexity index is 2230. The Hall–Kier alpha value is -2.60. The molecule has 0 unspecified atom stereocenters. The van der Waals surface area contributed by atoms with Crippen molar-refractivity contribution in [1.82, 2.24) is 4.98 Å². The largest absolute Gasteiger partial charge is 0.494 e. The van der Waals surface area contributed by atoms with Crippen molar-refractivity contribution in [3.05, 3.63) is 62.2 Å². The third kappa shape index (κ3) is 5.16. The van der Waals surface area contributed by atoms with E-state index < -0.39 is 0 Å². The number of aromatic amines is 1. The second-order valence-electron chi connectivity index (χ2n) is 12.0. The summed E-state index contributed by atoms with van der Waals surface area (Å²) in [6, 6.07) is 8.17. The summed E-state index contributed by atoms with van der Waals surface area (Å²) < 4.78 is 8.87. The van der Waals surface area contributed by atoms with E-state index in [9.17, 15) is 9.90 Å². The molecule has 10 heteroatoms. The van der Waals surface area contributed by atoms with Gasteiger partial charge in [0.25, 0.3) is 5.91 Å². The van der Waals surface area contributed by atoms with E-state index in [2.05, 4.69) is 41.3 Å². The number of thiophene rings is 6. The van der Waals surface area contributed by atoms with Crippen LogP contribution in [0.1, 0.15) is 97.1 Å². The van der Waals surface area contributed by atoms with Crippen LogP contribution in [0.2, 0.25) is 0 Å². The first-order valence-corrected chi connectivity index (χ1v) is 21.2. The molecule has 1 amide bonds. The van der Waals surface area contributed by atoms with E-state index in [1.54, 1.807) is 16.9 Å². The summed E-state index contributed by atoms with van der Waals surface area (Å²) in [6.45, 7) is 4.55. The van der Waals surface area contributed by atoms with Crippen LogP contribution in [0.3, 0.4) is 0 Å². The first kappa shape index (κ1) is 30.7. The van der Waals surface area contributed by atoms with E-state index >= 15 is 0 Å². The highest BCUT2D eigenvalue weighted by atomic mass is 32.1. The number of nitrogens with one attached hydrogen (secondary N) is 1. The van der Waals surface area contributed by atoms with Crippen LogP contribution in [0.25, 0.3) is 48.5 Å². The molecule has 8 rings (SSSR count). The summed E-state index contributed by atoms with van der Waals surface area (Å²) in [6.07, 6.45) is 12.4. The van der Waals surface area contributed by atoms with Gasteiger partial charge in [0.2, 0.25) is 0 Å². The van der Waals surface area contributed by atoms with Gasteiger partial charge in [0, 0.05) is 9.75 Å². The number of hydrogen-bond donors (Lipinski definition) is 2. The molecule has 2 N–H and O–H groups in total. The van der Waals surface area contributed by atoms with E-state index in [4.69, 9.17) is 0 Å². The summed E-state index contributed by atoms with van der Waals surface area (Å²) in [7, 11) is 0. The normalized spacial score (nSPS) is 13.3. The molecule has 0 fully saturated rings. The lowest BCUT2D eigenvalue weighted by molar-refractivity contribution is 0.101. The van der Waals surface area contributed by atoms with Crippen molar-refractivity contribution in [3.63, 3.8) is 0 Å². The second-order valence-corrected chi connectivity index (χ2v) is 17.9. The smallest absolute Gasteiger partial charge is 0.280 e. The number of H-pyrrole nitrogens is 1. The van der Waals surface area contributed by atoms with Gasteiger partial charge >= 0.3 is 0 Å². The third-order valence-electron chi connectivity index (χ3n) is 8.86. The molecule has 46 heavy (non-hydrogen) atoms.